The second-order valence-electron chi connectivity index (χ2n) is 3.56. The Labute approximate surface area is 103 Å². The fourth-order valence-electron chi connectivity index (χ4n) is 1.30. The standard InChI is InChI=1S/C12H14F3NO2/c1-16-7-3-2-4-9-5-6-10(8-11(9)17)18-12(13,14)15/h2,4-6,8,16-17H,3,7H2,1H3. The van der Waals surface area contributed by atoms with Crippen molar-refractivity contribution in [2.45, 2.75) is 12.8 Å². The predicted molar refractivity (Wildman–Crippen MR) is 62.4 cm³/mol. The molecule has 0 heterocycles. The molecular weight excluding hydrogens is 247 g/mol. The topological polar surface area (TPSA) is 41.5 Å². The minimum absolute atomic E-state index is 0.252. The van der Waals surface area contributed by atoms with Gasteiger partial charge in [-0.15, -0.1) is 13.2 Å². The number of ether oxygens (including phenoxy) is 1. The summed E-state index contributed by atoms with van der Waals surface area (Å²) >= 11 is 0. The third-order valence-electron chi connectivity index (χ3n) is 2.09. The first-order valence-electron chi connectivity index (χ1n) is 5.32. The first-order valence-corrected chi connectivity index (χ1v) is 5.32. The molecule has 0 amide bonds. The predicted octanol–water partition coefficient (Wildman–Crippen LogP) is 2.91. The smallest absolute Gasteiger partial charge is 0.507 e. The monoisotopic (exact) mass is 261 g/mol. The van der Waals surface area contributed by atoms with Crippen molar-refractivity contribution in [3.05, 3.63) is 29.8 Å². The molecule has 0 spiro atoms. The van der Waals surface area contributed by atoms with Crippen molar-refractivity contribution in [2.75, 3.05) is 13.6 Å². The molecule has 100 valence electrons. The van der Waals surface area contributed by atoms with Crippen molar-refractivity contribution in [3.63, 3.8) is 0 Å². The van der Waals surface area contributed by atoms with Crippen LogP contribution in [0, 0.1) is 0 Å². The molecule has 6 heteroatoms. The summed E-state index contributed by atoms with van der Waals surface area (Å²) in [7, 11) is 1.81. The highest BCUT2D eigenvalue weighted by Gasteiger charge is 2.31. The van der Waals surface area contributed by atoms with E-state index in [1.165, 1.54) is 6.07 Å². The maximum Gasteiger partial charge on any atom is 0.573 e. The summed E-state index contributed by atoms with van der Waals surface area (Å²) in [6.07, 6.45) is -0.535. The highest BCUT2D eigenvalue weighted by atomic mass is 19.4. The number of hydrogen-bond acceptors (Lipinski definition) is 3. The highest BCUT2D eigenvalue weighted by molar-refractivity contribution is 5.58. The van der Waals surface area contributed by atoms with Gasteiger partial charge in [-0.3, -0.25) is 0 Å². The molecule has 0 atom stereocenters. The molecule has 0 bridgehead atoms. The molecule has 3 nitrogen and oxygen atoms in total. The molecule has 1 rings (SSSR count). The van der Waals surface area contributed by atoms with Gasteiger partial charge >= 0.3 is 6.36 Å². The Morgan fingerprint density at radius 1 is 1.39 bits per heavy atom. The van der Waals surface area contributed by atoms with E-state index in [1.54, 1.807) is 6.08 Å². The lowest BCUT2D eigenvalue weighted by atomic mass is 10.1. The zero-order valence-corrected chi connectivity index (χ0v) is 9.79. The molecule has 0 aliphatic heterocycles. The number of phenolic OH excluding ortho intramolecular Hbond substituents is 1. The number of halogens is 3. The van der Waals surface area contributed by atoms with Gasteiger partial charge in [-0.2, -0.15) is 0 Å². The van der Waals surface area contributed by atoms with Crippen molar-refractivity contribution < 1.29 is 23.0 Å². The van der Waals surface area contributed by atoms with E-state index in [0.29, 0.717) is 5.56 Å². The van der Waals surface area contributed by atoms with Gasteiger partial charge in [0, 0.05) is 11.6 Å². The minimum atomic E-state index is -4.75. The van der Waals surface area contributed by atoms with Crippen LogP contribution in [0.4, 0.5) is 13.2 Å². The summed E-state index contributed by atoms with van der Waals surface area (Å²) in [4.78, 5) is 0. The SMILES string of the molecule is CNCCC=Cc1ccc(OC(F)(F)F)cc1O. The Morgan fingerprint density at radius 3 is 2.67 bits per heavy atom. The molecule has 0 saturated carbocycles. The second kappa shape index (κ2) is 6.30. The quantitative estimate of drug-likeness (QED) is 0.801. The van der Waals surface area contributed by atoms with E-state index in [-0.39, 0.29) is 5.75 Å². The van der Waals surface area contributed by atoms with E-state index in [9.17, 15) is 18.3 Å². The summed E-state index contributed by atoms with van der Waals surface area (Å²) in [6, 6.07) is 3.46. The summed E-state index contributed by atoms with van der Waals surface area (Å²) in [6.45, 7) is 0.784. The van der Waals surface area contributed by atoms with Crippen LogP contribution >= 0.6 is 0 Å². The number of phenols is 1. The first kappa shape index (κ1) is 14.4. The van der Waals surface area contributed by atoms with Crippen LogP contribution in [0.3, 0.4) is 0 Å². The first-order chi connectivity index (χ1) is 8.42. The average Bonchev–Trinajstić information content (AvgIpc) is 2.24. The minimum Gasteiger partial charge on any atom is -0.507 e. The zero-order chi connectivity index (χ0) is 13.6. The molecule has 2 N–H and O–H groups in total. The third kappa shape index (κ3) is 5.09. The Kier molecular flexibility index (Phi) is 5.03. The lowest BCUT2D eigenvalue weighted by molar-refractivity contribution is -0.274. The van der Waals surface area contributed by atoms with Crippen LogP contribution in [-0.4, -0.2) is 25.1 Å². The molecule has 0 saturated heterocycles. The lowest BCUT2D eigenvalue weighted by Crippen LogP contribution is -2.17. The van der Waals surface area contributed by atoms with E-state index in [0.717, 1.165) is 25.1 Å². The van der Waals surface area contributed by atoms with Gasteiger partial charge < -0.3 is 15.2 Å². The van der Waals surface area contributed by atoms with Gasteiger partial charge in [0.05, 0.1) is 0 Å². The number of nitrogens with one attached hydrogen (secondary N) is 1. The molecule has 0 fully saturated rings. The Bertz CT molecular complexity index is 416. The average molecular weight is 261 g/mol. The lowest BCUT2D eigenvalue weighted by Gasteiger charge is -2.09. The van der Waals surface area contributed by atoms with Crippen molar-refractivity contribution >= 4 is 6.08 Å². The maximum absolute atomic E-state index is 11.9. The summed E-state index contributed by atoms with van der Waals surface area (Å²) in [5.41, 5.74) is 0.445. The summed E-state index contributed by atoms with van der Waals surface area (Å²) in [5.74, 6) is -0.690. The molecule has 18 heavy (non-hydrogen) atoms. The normalized spacial score (nSPS) is 12.0. The fourth-order valence-corrected chi connectivity index (χ4v) is 1.30. The van der Waals surface area contributed by atoms with Crippen LogP contribution in [0.1, 0.15) is 12.0 Å². The highest BCUT2D eigenvalue weighted by Crippen LogP contribution is 2.28. The molecule has 0 aromatic heterocycles. The van der Waals surface area contributed by atoms with Gasteiger partial charge in [0.25, 0.3) is 0 Å². The Balaban J connectivity index is 2.71. The summed E-state index contributed by atoms with van der Waals surface area (Å²) < 4.78 is 39.5. The molecule has 0 aliphatic rings. The summed E-state index contributed by atoms with van der Waals surface area (Å²) in [5, 5.41) is 12.5. The van der Waals surface area contributed by atoms with Crippen molar-refractivity contribution in [1.82, 2.24) is 5.32 Å². The van der Waals surface area contributed by atoms with Gasteiger partial charge in [0.15, 0.2) is 0 Å². The van der Waals surface area contributed by atoms with E-state index in [2.05, 4.69) is 10.1 Å². The third-order valence-corrected chi connectivity index (χ3v) is 2.09. The Morgan fingerprint density at radius 2 is 2.11 bits per heavy atom. The van der Waals surface area contributed by atoms with Crippen LogP contribution in [0.15, 0.2) is 24.3 Å². The van der Waals surface area contributed by atoms with Crippen molar-refractivity contribution in [2.24, 2.45) is 0 Å². The maximum atomic E-state index is 11.9. The molecule has 0 radical (unpaired) electrons. The molecule has 1 aromatic carbocycles. The van der Waals surface area contributed by atoms with Crippen LogP contribution in [0.5, 0.6) is 11.5 Å². The Hall–Kier alpha value is -1.69. The van der Waals surface area contributed by atoms with Gasteiger partial charge in [0.1, 0.15) is 11.5 Å². The number of rotatable bonds is 5. The molecule has 0 aliphatic carbocycles. The van der Waals surface area contributed by atoms with Crippen LogP contribution in [0.2, 0.25) is 0 Å². The van der Waals surface area contributed by atoms with Gasteiger partial charge in [-0.05, 0) is 32.1 Å². The van der Waals surface area contributed by atoms with Crippen LogP contribution < -0.4 is 10.1 Å². The molecule has 1 aromatic rings. The zero-order valence-electron chi connectivity index (χ0n) is 9.79. The van der Waals surface area contributed by atoms with Crippen molar-refractivity contribution in [3.8, 4) is 11.5 Å². The molecular formula is C12H14F3NO2. The van der Waals surface area contributed by atoms with E-state index >= 15 is 0 Å². The molecule has 0 unspecified atom stereocenters. The van der Waals surface area contributed by atoms with E-state index in [1.807, 2.05) is 13.1 Å². The van der Waals surface area contributed by atoms with Gasteiger partial charge in [-0.25, -0.2) is 0 Å². The van der Waals surface area contributed by atoms with Crippen LogP contribution in [0.25, 0.3) is 6.08 Å². The van der Waals surface area contributed by atoms with Crippen molar-refractivity contribution in [1.29, 1.82) is 0 Å². The number of alkyl halides is 3. The van der Waals surface area contributed by atoms with E-state index in [4.69, 9.17) is 0 Å². The van der Waals surface area contributed by atoms with Crippen LogP contribution in [-0.2, 0) is 0 Å². The number of hydrogen-bond donors (Lipinski definition) is 2. The van der Waals surface area contributed by atoms with Gasteiger partial charge in [-0.1, -0.05) is 12.2 Å². The van der Waals surface area contributed by atoms with Gasteiger partial charge in [0.2, 0.25) is 0 Å². The van der Waals surface area contributed by atoms with E-state index < -0.39 is 12.1 Å². The fraction of sp³-hybridized carbons (Fsp3) is 0.333. The number of aromatic hydroxyl groups is 1. The number of benzene rings is 1. The second-order valence-corrected chi connectivity index (χ2v) is 3.56. The largest absolute Gasteiger partial charge is 0.573 e.